The van der Waals surface area contributed by atoms with E-state index in [-0.39, 0.29) is 18.3 Å². The molecule has 0 aromatic carbocycles. The van der Waals surface area contributed by atoms with Crippen molar-refractivity contribution in [2.75, 3.05) is 24.6 Å². The molecular formula is C10H14ClF2N3O. The van der Waals surface area contributed by atoms with Gasteiger partial charge in [-0.1, -0.05) is 11.6 Å². The van der Waals surface area contributed by atoms with Gasteiger partial charge in [-0.2, -0.15) is 0 Å². The second kappa shape index (κ2) is 6.07. The van der Waals surface area contributed by atoms with Gasteiger partial charge in [0.05, 0.1) is 13.2 Å². The molecule has 1 aromatic heterocycles. The van der Waals surface area contributed by atoms with Gasteiger partial charge in [-0.25, -0.2) is 18.7 Å². The highest BCUT2D eigenvalue weighted by atomic mass is 35.5. The van der Waals surface area contributed by atoms with Crippen molar-refractivity contribution in [2.45, 2.75) is 20.3 Å². The van der Waals surface area contributed by atoms with Gasteiger partial charge in [0.15, 0.2) is 0 Å². The second-order valence-electron chi connectivity index (χ2n) is 3.57. The number of aromatic nitrogens is 2. The van der Waals surface area contributed by atoms with Crippen molar-refractivity contribution in [1.29, 1.82) is 0 Å². The van der Waals surface area contributed by atoms with Gasteiger partial charge < -0.3 is 10.0 Å². The van der Waals surface area contributed by atoms with E-state index in [1.807, 2.05) is 0 Å². The molecule has 1 rings (SSSR count). The lowest BCUT2D eigenvalue weighted by Crippen LogP contribution is -2.33. The van der Waals surface area contributed by atoms with Gasteiger partial charge >= 0.3 is 0 Å². The van der Waals surface area contributed by atoms with E-state index in [0.717, 1.165) is 0 Å². The van der Waals surface area contributed by atoms with Crippen molar-refractivity contribution in [3.63, 3.8) is 0 Å². The minimum Gasteiger partial charge on any atom is -0.395 e. The predicted octanol–water partition coefficient (Wildman–Crippen LogP) is 1.81. The third kappa shape index (κ3) is 3.74. The van der Waals surface area contributed by atoms with Crippen LogP contribution in [0.2, 0.25) is 5.15 Å². The van der Waals surface area contributed by atoms with E-state index in [1.165, 1.54) is 4.90 Å². The van der Waals surface area contributed by atoms with Crippen LogP contribution in [-0.2, 0) is 0 Å². The van der Waals surface area contributed by atoms with E-state index in [9.17, 15) is 8.78 Å². The summed E-state index contributed by atoms with van der Waals surface area (Å²) in [5, 5.41) is 9.12. The molecule has 0 saturated carbocycles. The number of halogens is 3. The van der Waals surface area contributed by atoms with Crippen molar-refractivity contribution in [3.05, 3.63) is 16.5 Å². The molecule has 0 aliphatic carbocycles. The maximum absolute atomic E-state index is 12.4. The molecule has 17 heavy (non-hydrogen) atoms. The maximum atomic E-state index is 12.4. The zero-order valence-corrected chi connectivity index (χ0v) is 10.4. The SMILES string of the molecule is Cc1nc(Cl)c(C)c(N(CCO)CC(F)F)n1. The largest absolute Gasteiger partial charge is 0.395 e. The summed E-state index contributed by atoms with van der Waals surface area (Å²) < 4.78 is 24.9. The van der Waals surface area contributed by atoms with Gasteiger partial charge in [-0.15, -0.1) is 0 Å². The molecule has 7 heteroatoms. The number of aliphatic hydroxyl groups is 1. The maximum Gasteiger partial charge on any atom is 0.255 e. The Balaban J connectivity index is 3.08. The van der Waals surface area contributed by atoms with E-state index >= 15 is 0 Å². The number of nitrogens with zero attached hydrogens (tertiary/aromatic N) is 3. The number of rotatable bonds is 5. The highest BCUT2D eigenvalue weighted by molar-refractivity contribution is 6.30. The first-order chi connectivity index (χ1) is 7.95. The Morgan fingerprint density at radius 3 is 2.53 bits per heavy atom. The fourth-order valence-electron chi connectivity index (χ4n) is 1.46. The van der Waals surface area contributed by atoms with Crippen LogP contribution < -0.4 is 4.90 Å². The first-order valence-electron chi connectivity index (χ1n) is 5.10. The molecule has 1 heterocycles. The van der Waals surface area contributed by atoms with Crippen molar-refractivity contribution in [3.8, 4) is 0 Å². The molecule has 0 atom stereocenters. The molecule has 0 unspecified atom stereocenters. The van der Waals surface area contributed by atoms with Gasteiger partial charge in [0.25, 0.3) is 6.43 Å². The van der Waals surface area contributed by atoms with Crippen LogP contribution in [0.15, 0.2) is 0 Å². The number of aliphatic hydroxyl groups excluding tert-OH is 1. The molecule has 0 fully saturated rings. The summed E-state index contributed by atoms with van der Waals surface area (Å²) in [6.07, 6.45) is -2.50. The van der Waals surface area contributed by atoms with Crippen LogP contribution in [0.1, 0.15) is 11.4 Å². The fraction of sp³-hybridized carbons (Fsp3) is 0.600. The van der Waals surface area contributed by atoms with E-state index in [4.69, 9.17) is 16.7 Å². The van der Waals surface area contributed by atoms with Crippen LogP contribution in [0.25, 0.3) is 0 Å². The number of alkyl halides is 2. The Kier molecular flexibility index (Phi) is 5.02. The van der Waals surface area contributed by atoms with E-state index in [1.54, 1.807) is 13.8 Å². The highest BCUT2D eigenvalue weighted by Gasteiger charge is 2.18. The summed E-state index contributed by atoms with van der Waals surface area (Å²) in [4.78, 5) is 9.33. The number of aryl methyl sites for hydroxylation is 1. The molecule has 0 saturated heterocycles. The standard InChI is InChI=1S/C10H14ClF2N3O/c1-6-9(11)14-7(2)15-10(6)16(3-4-17)5-8(12)13/h8,17H,3-5H2,1-2H3. The van der Waals surface area contributed by atoms with Crippen LogP contribution in [-0.4, -0.2) is 41.2 Å². The molecule has 0 aliphatic rings. The van der Waals surface area contributed by atoms with Crippen molar-refractivity contribution in [1.82, 2.24) is 9.97 Å². The summed E-state index contributed by atoms with van der Waals surface area (Å²) >= 11 is 5.87. The topological polar surface area (TPSA) is 49.2 Å². The average molecular weight is 266 g/mol. The predicted molar refractivity (Wildman–Crippen MR) is 61.8 cm³/mol. The number of anilines is 1. The molecule has 0 bridgehead atoms. The van der Waals surface area contributed by atoms with Crippen LogP contribution in [0.4, 0.5) is 14.6 Å². The van der Waals surface area contributed by atoms with Gasteiger partial charge in [0, 0.05) is 12.1 Å². The third-order valence-electron chi connectivity index (χ3n) is 2.20. The summed E-state index contributed by atoms with van der Waals surface area (Å²) in [5.74, 6) is 0.754. The zero-order valence-electron chi connectivity index (χ0n) is 9.62. The lowest BCUT2D eigenvalue weighted by molar-refractivity contribution is 0.152. The monoisotopic (exact) mass is 265 g/mol. The lowest BCUT2D eigenvalue weighted by atomic mass is 10.3. The summed E-state index contributed by atoms with van der Waals surface area (Å²) in [6, 6.07) is 0. The Morgan fingerprint density at radius 2 is 2.00 bits per heavy atom. The average Bonchev–Trinajstić information content (AvgIpc) is 2.22. The molecule has 0 amide bonds. The smallest absolute Gasteiger partial charge is 0.255 e. The van der Waals surface area contributed by atoms with Crippen LogP contribution in [0.5, 0.6) is 0 Å². The van der Waals surface area contributed by atoms with E-state index in [0.29, 0.717) is 17.2 Å². The molecule has 1 aromatic rings. The summed E-state index contributed by atoms with van der Waals surface area (Å²) in [7, 11) is 0. The molecule has 96 valence electrons. The van der Waals surface area contributed by atoms with Gasteiger partial charge in [-0.3, -0.25) is 0 Å². The first kappa shape index (κ1) is 14.1. The van der Waals surface area contributed by atoms with E-state index in [2.05, 4.69) is 9.97 Å². The van der Waals surface area contributed by atoms with Crippen molar-refractivity contribution >= 4 is 17.4 Å². The Labute approximate surface area is 103 Å². The molecule has 0 aliphatic heterocycles. The fourth-order valence-corrected chi connectivity index (χ4v) is 1.67. The summed E-state index contributed by atoms with van der Waals surface area (Å²) in [5.41, 5.74) is 0.534. The Hall–Kier alpha value is -1.01. The minimum atomic E-state index is -2.50. The van der Waals surface area contributed by atoms with Crippen LogP contribution in [0.3, 0.4) is 0 Å². The third-order valence-corrected chi connectivity index (χ3v) is 2.57. The van der Waals surface area contributed by atoms with Gasteiger partial charge in [-0.05, 0) is 13.8 Å². The van der Waals surface area contributed by atoms with Gasteiger partial charge in [0.1, 0.15) is 16.8 Å². The summed E-state index contributed by atoms with van der Waals surface area (Å²) in [6.45, 7) is 2.65. The number of hydrogen-bond donors (Lipinski definition) is 1. The van der Waals surface area contributed by atoms with Gasteiger partial charge in [0.2, 0.25) is 0 Å². The Bertz CT molecular complexity index is 390. The normalized spacial score (nSPS) is 11.0. The quantitative estimate of drug-likeness (QED) is 0.825. The number of hydrogen-bond acceptors (Lipinski definition) is 4. The zero-order chi connectivity index (χ0) is 13.0. The molecule has 1 N–H and O–H groups in total. The lowest BCUT2D eigenvalue weighted by Gasteiger charge is -2.24. The highest BCUT2D eigenvalue weighted by Crippen LogP contribution is 2.23. The first-order valence-corrected chi connectivity index (χ1v) is 5.48. The van der Waals surface area contributed by atoms with Crippen molar-refractivity contribution in [2.24, 2.45) is 0 Å². The molecule has 4 nitrogen and oxygen atoms in total. The van der Waals surface area contributed by atoms with Crippen LogP contribution >= 0.6 is 11.6 Å². The van der Waals surface area contributed by atoms with Crippen LogP contribution in [0, 0.1) is 13.8 Å². The molecular weight excluding hydrogens is 252 g/mol. The molecule has 0 radical (unpaired) electrons. The Morgan fingerprint density at radius 1 is 1.35 bits per heavy atom. The molecule has 0 spiro atoms. The minimum absolute atomic E-state index is 0.0813. The second-order valence-corrected chi connectivity index (χ2v) is 3.93. The van der Waals surface area contributed by atoms with Crippen molar-refractivity contribution < 1.29 is 13.9 Å². The van der Waals surface area contributed by atoms with E-state index < -0.39 is 13.0 Å².